The van der Waals surface area contributed by atoms with Crippen LogP contribution in [0.25, 0.3) is 10.9 Å². The van der Waals surface area contributed by atoms with Gasteiger partial charge in [-0.05, 0) is 36.2 Å². The van der Waals surface area contributed by atoms with Gasteiger partial charge in [-0.15, -0.1) is 6.58 Å². The first-order valence-corrected chi connectivity index (χ1v) is 8.24. The lowest BCUT2D eigenvalue weighted by Crippen LogP contribution is -2.10. The Morgan fingerprint density at radius 3 is 2.58 bits per heavy atom. The number of aromatic nitrogens is 2. The summed E-state index contributed by atoms with van der Waals surface area (Å²) in [7, 11) is 0. The Hall–Kier alpha value is -2.59. The Morgan fingerprint density at radius 1 is 1.00 bits per heavy atom. The smallest absolute Gasteiger partial charge is 0.225 e. The second kappa shape index (κ2) is 7.79. The molecule has 0 saturated heterocycles. The van der Waals surface area contributed by atoms with Crippen molar-refractivity contribution in [3.8, 4) is 0 Å². The molecule has 4 nitrogen and oxygen atoms in total. The number of hydrogen-bond acceptors (Lipinski definition) is 4. The molecular formula is C19H19ClN4. The van der Waals surface area contributed by atoms with Crippen LogP contribution in [0.2, 0.25) is 5.02 Å². The summed E-state index contributed by atoms with van der Waals surface area (Å²) in [6, 6.07) is 15.8. The molecule has 0 aliphatic heterocycles. The van der Waals surface area contributed by atoms with E-state index >= 15 is 0 Å². The lowest BCUT2D eigenvalue weighted by Gasteiger charge is -2.11. The molecule has 2 aromatic carbocycles. The van der Waals surface area contributed by atoms with Crippen LogP contribution in [-0.4, -0.2) is 23.1 Å². The second-order valence-corrected chi connectivity index (χ2v) is 5.82. The van der Waals surface area contributed by atoms with E-state index in [4.69, 9.17) is 11.6 Å². The SMILES string of the molecule is C=CCNc1nc(NCCc2ccc(Cl)cc2)nc2ccccc12. The minimum atomic E-state index is 0.620. The molecular weight excluding hydrogens is 320 g/mol. The van der Waals surface area contributed by atoms with E-state index in [1.165, 1.54) is 5.56 Å². The number of nitrogens with zero attached hydrogens (tertiary/aromatic N) is 2. The van der Waals surface area contributed by atoms with Gasteiger partial charge in [-0.3, -0.25) is 0 Å². The standard InChI is InChI=1S/C19H19ClN4/c1-2-12-21-18-16-5-3-4-6-17(16)23-19(24-18)22-13-11-14-7-9-15(20)10-8-14/h2-10H,1,11-13H2,(H2,21,22,23,24). The molecule has 3 aromatic rings. The minimum absolute atomic E-state index is 0.620. The van der Waals surface area contributed by atoms with E-state index in [1.807, 2.05) is 54.6 Å². The first-order valence-electron chi connectivity index (χ1n) is 7.86. The van der Waals surface area contributed by atoms with E-state index in [0.717, 1.165) is 34.7 Å². The van der Waals surface area contributed by atoms with Gasteiger partial charge in [0, 0.05) is 23.5 Å². The van der Waals surface area contributed by atoms with Crippen LogP contribution >= 0.6 is 11.6 Å². The van der Waals surface area contributed by atoms with E-state index in [-0.39, 0.29) is 0 Å². The number of benzene rings is 2. The molecule has 122 valence electrons. The van der Waals surface area contributed by atoms with Gasteiger partial charge in [-0.1, -0.05) is 41.9 Å². The van der Waals surface area contributed by atoms with Crippen molar-refractivity contribution < 1.29 is 0 Å². The molecule has 0 saturated carbocycles. The fourth-order valence-electron chi connectivity index (χ4n) is 2.43. The van der Waals surface area contributed by atoms with Crippen molar-refractivity contribution in [2.24, 2.45) is 0 Å². The molecule has 2 N–H and O–H groups in total. The molecule has 0 aliphatic rings. The van der Waals surface area contributed by atoms with Gasteiger partial charge in [0.25, 0.3) is 0 Å². The summed E-state index contributed by atoms with van der Waals surface area (Å²) in [5.74, 6) is 1.43. The number of para-hydroxylation sites is 1. The fourth-order valence-corrected chi connectivity index (χ4v) is 2.55. The largest absolute Gasteiger partial charge is 0.366 e. The summed E-state index contributed by atoms with van der Waals surface area (Å²) < 4.78 is 0. The van der Waals surface area contributed by atoms with Crippen LogP contribution in [0.5, 0.6) is 0 Å². The molecule has 0 spiro atoms. The number of nitrogens with one attached hydrogen (secondary N) is 2. The average Bonchev–Trinajstić information content (AvgIpc) is 2.61. The van der Waals surface area contributed by atoms with Crippen molar-refractivity contribution >= 4 is 34.3 Å². The Balaban J connectivity index is 1.73. The van der Waals surface area contributed by atoms with E-state index in [9.17, 15) is 0 Å². The lowest BCUT2D eigenvalue weighted by atomic mass is 10.1. The summed E-state index contributed by atoms with van der Waals surface area (Å²) >= 11 is 5.91. The molecule has 0 radical (unpaired) electrons. The Kier molecular flexibility index (Phi) is 5.29. The number of halogens is 1. The van der Waals surface area contributed by atoms with Gasteiger partial charge in [0.05, 0.1) is 5.52 Å². The molecule has 0 bridgehead atoms. The van der Waals surface area contributed by atoms with Crippen molar-refractivity contribution in [1.29, 1.82) is 0 Å². The van der Waals surface area contributed by atoms with Gasteiger partial charge in [0.15, 0.2) is 0 Å². The Labute approximate surface area is 146 Å². The first-order chi connectivity index (χ1) is 11.8. The molecule has 24 heavy (non-hydrogen) atoms. The zero-order valence-corrected chi connectivity index (χ0v) is 14.1. The monoisotopic (exact) mass is 338 g/mol. The third kappa shape index (κ3) is 4.03. The second-order valence-electron chi connectivity index (χ2n) is 5.39. The van der Waals surface area contributed by atoms with Gasteiger partial charge < -0.3 is 10.6 Å². The molecule has 0 aliphatic carbocycles. The van der Waals surface area contributed by atoms with Crippen molar-refractivity contribution in [2.75, 3.05) is 23.7 Å². The number of fused-ring (bicyclic) bond motifs is 1. The van der Waals surface area contributed by atoms with Crippen LogP contribution in [0.4, 0.5) is 11.8 Å². The van der Waals surface area contributed by atoms with Crippen LogP contribution in [0.1, 0.15) is 5.56 Å². The maximum absolute atomic E-state index is 5.91. The summed E-state index contributed by atoms with van der Waals surface area (Å²) in [6.07, 6.45) is 2.69. The van der Waals surface area contributed by atoms with E-state index in [0.29, 0.717) is 12.5 Å². The Morgan fingerprint density at radius 2 is 1.79 bits per heavy atom. The van der Waals surface area contributed by atoms with E-state index < -0.39 is 0 Å². The van der Waals surface area contributed by atoms with Crippen LogP contribution in [0.3, 0.4) is 0 Å². The van der Waals surface area contributed by atoms with Gasteiger partial charge >= 0.3 is 0 Å². The molecule has 1 aromatic heterocycles. The molecule has 0 unspecified atom stereocenters. The van der Waals surface area contributed by atoms with E-state index in [2.05, 4.69) is 27.2 Å². The fraction of sp³-hybridized carbons (Fsp3) is 0.158. The highest BCUT2D eigenvalue weighted by molar-refractivity contribution is 6.30. The van der Waals surface area contributed by atoms with Crippen LogP contribution < -0.4 is 10.6 Å². The number of rotatable bonds is 7. The predicted molar refractivity (Wildman–Crippen MR) is 102 cm³/mol. The molecule has 3 rings (SSSR count). The number of anilines is 2. The predicted octanol–water partition coefficient (Wildman–Crippen LogP) is 4.54. The maximum atomic E-state index is 5.91. The zero-order chi connectivity index (χ0) is 16.8. The highest BCUT2D eigenvalue weighted by Gasteiger charge is 2.06. The third-order valence-electron chi connectivity index (χ3n) is 3.63. The number of hydrogen-bond donors (Lipinski definition) is 2. The van der Waals surface area contributed by atoms with Gasteiger partial charge in [0.2, 0.25) is 5.95 Å². The maximum Gasteiger partial charge on any atom is 0.225 e. The third-order valence-corrected chi connectivity index (χ3v) is 3.88. The highest BCUT2D eigenvalue weighted by Crippen LogP contribution is 2.21. The molecule has 0 atom stereocenters. The first kappa shape index (κ1) is 16.3. The van der Waals surface area contributed by atoms with Gasteiger partial charge in [-0.2, -0.15) is 4.98 Å². The molecule has 0 amide bonds. The molecule has 0 fully saturated rings. The van der Waals surface area contributed by atoms with Crippen molar-refractivity contribution in [2.45, 2.75) is 6.42 Å². The Bertz CT molecular complexity index is 830. The van der Waals surface area contributed by atoms with Crippen LogP contribution in [-0.2, 0) is 6.42 Å². The van der Waals surface area contributed by atoms with Gasteiger partial charge in [0.1, 0.15) is 5.82 Å². The topological polar surface area (TPSA) is 49.8 Å². The summed E-state index contributed by atoms with van der Waals surface area (Å²) in [5.41, 5.74) is 2.13. The summed E-state index contributed by atoms with van der Waals surface area (Å²) in [5, 5.41) is 8.32. The van der Waals surface area contributed by atoms with Crippen molar-refractivity contribution in [1.82, 2.24) is 9.97 Å². The lowest BCUT2D eigenvalue weighted by molar-refractivity contribution is 0.990. The summed E-state index contributed by atoms with van der Waals surface area (Å²) in [4.78, 5) is 9.16. The van der Waals surface area contributed by atoms with Crippen molar-refractivity contribution in [3.63, 3.8) is 0 Å². The van der Waals surface area contributed by atoms with E-state index in [1.54, 1.807) is 0 Å². The molecule has 5 heteroatoms. The summed E-state index contributed by atoms with van der Waals surface area (Å²) in [6.45, 7) is 5.15. The van der Waals surface area contributed by atoms with Crippen molar-refractivity contribution in [3.05, 3.63) is 71.8 Å². The highest BCUT2D eigenvalue weighted by atomic mass is 35.5. The zero-order valence-electron chi connectivity index (χ0n) is 13.3. The van der Waals surface area contributed by atoms with Gasteiger partial charge in [-0.25, -0.2) is 4.98 Å². The quantitative estimate of drug-likeness (QED) is 0.621. The normalized spacial score (nSPS) is 10.5. The average molecular weight is 339 g/mol. The minimum Gasteiger partial charge on any atom is -0.366 e. The molecule has 1 heterocycles. The van der Waals surface area contributed by atoms with Crippen LogP contribution in [0, 0.1) is 0 Å². The van der Waals surface area contributed by atoms with Crippen LogP contribution in [0.15, 0.2) is 61.2 Å².